The number of rotatable bonds is 3. The zero-order valence-electron chi connectivity index (χ0n) is 9.89. The van der Waals surface area contributed by atoms with E-state index in [1.165, 1.54) is 29.1 Å². The first-order chi connectivity index (χ1) is 9.22. The lowest BCUT2D eigenvalue weighted by atomic mass is 10.5. The largest absolute Gasteiger partial charge is 0.468 e. The molecule has 3 aromatic rings. The van der Waals surface area contributed by atoms with E-state index in [0.717, 1.165) is 10.7 Å². The lowest BCUT2D eigenvalue weighted by molar-refractivity contribution is 0.527. The zero-order chi connectivity index (χ0) is 13.2. The second-order valence-corrected chi connectivity index (χ2v) is 4.57. The van der Waals surface area contributed by atoms with Crippen LogP contribution in [-0.4, -0.2) is 29.7 Å². The topological polar surface area (TPSA) is 109 Å². The molecule has 0 unspecified atom stereocenters. The first kappa shape index (κ1) is 11.7. The van der Waals surface area contributed by atoms with Crippen molar-refractivity contribution in [3.8, 4) is 5.95 Å². The van der Waals surface area contributed by atoms with Gasteiger partial charge in [-0.25, -0.2) is 4.98 Å². The van der Waals surface area contributed by atoms with E-state index in [-0.39, 0.29) is 5.95 Å². The van der Waals surface area contributed by atoms with Crippen molar-refractivity contribution in [2.45, 2.75) is 17.0 Å². The van der Waals surface area contributed by atoms with E-state index in [2.05, 4.69) is 25.0 Å². The van der Waals surface area contributed by atoms with Gasteiger partial charge in [-0.3, -0.25) is 0 Å². The number of aromatic nitrogens is 6. The van der Waals surface area contributed by atoms with Crippen LogP contribution in [0.4, 0.5) is 5.95 Å². The van der Waals surface area contributed by atoms with Gasteiger partial charge in [-0.1, -0.05) is 0 Å². The lowest BCUT2D eigenvalue weighted by Gasteiger charge is -2.03. The Morgan fingerprint density at radius 1 is 1.32 bits per heavy atom. The van der Waals surface area contributed by atoms with Crippen molar-refractivity contribution >= 4 is 17.7 Å². The van der Waals surface area contributed by atoms with Crippen molar-refractivity contribution in [2.75, 3.05) is 5.73 Å². The molecule has 0 saturated heterocycles. The summed E-state index contributed by atoms with van der Waals surface area (Å²) in [6, 6.07) is 1.84. The number of nitrogens with two attached hydrogens (primary N) is 1. The molecule has 8 nitrogen and oxygen atoms in total. The number of anilines is 1. The minimum atomic E-state index is 0.129. The van der Waals surface area contributed by atoms with Crippen LogP contribution in [0.3, 0.4) is 0 Å². The first-order valence-electron chi connectivity index (χ1n) is 5.31. The van der Waals surface area contributed by atoms with Gasteiger partial charge in [-0.2, -0.15) is 24.7 Å². The van der Waals surface area contributed by atoms with Crippen LogP contribution in [0.2, 0.25) is 0 Å². The number of aryl methyl sites for hydroxylation is 1. The Labute approximate surface area is 112 Å². The van der Waals surface area contributed by atoms with Crippen LogP contribution in [0.5, 0.6) is 0 Å². The molecule has 19 heavy (non-hydrogen) atoms. The predicted octanol–water partition coefficient (Wildman–Crippen LogP) is 1.09. The number of nitrogen functional groups attached to an aromatic ring is 1. The normalized spacial score (nSPS) is 10.8. The molecule has 0 aromatic carbocycles. The second-order valence-electron chi connectivity index (χ2n) is 3.56. The van der Waals surface area contributed by atoms with Gasteiger partial charge in [-0.15, -0.1) is 0 Å². The van der Waals surface area contributed by atoms with Crippen molar-refractivity contribution in [2.24, 2.45) is 0 Å². The van der Waals surface area contributed by atoms with Gasteiger partial charge < -0.3 is 10.2 Å². The maximum atomic E-state index is 5.67. The summed E-state index contributed by atoms with van der Waals surface area (Å²) in [5.41, 5.74) is 5.67. The van der Waals surface area contributed by atoms with Crippen LogP contribution in [-0.2, 0) is 0 Å². The first-order valence-corrected chi connectivity index (χ1v) is 6.12. The summed E-state index contributed by atoms with van der Waals surface area (Å²) in [7, 11) is 0. The minimum Gasteiger partial charge on any atom is -0.468 e. The third kappa shape index (κ3) is 2.40. The molecule has 0 amide bonds. The quantitative estimate of drug-likeness (QED) is 0.756. The average Bonchev–Trinajstić information content (AvgIpc) is 3.01. The Bertz CT molecular complexity index is 694. The van der Waals surface area contributed by atoms with E-state index in [0.29, 0.717) is 11.1 Å². The molecule has 3 aromatic heterocycles. The minimum absolute atomic E-state index is 0.129. The zero-order valence-corrected chi connectivity index (χ0v) is 10.7. The highest BCUT2D eigenvalue weighted by Crippen LogP contribution is 2.28. The maximum absolute atomic E-state index is 5.67. The molecule has 0 aliphatic heterocycles. The van der Waals surface area contributed by atoms with Crippen molar-refractivity contribution in [3.05, 3.63) is 30.7 Å². The summed E-state index contributed by atoms with van der Waals surface area (Å²) in [5, 5.41) is 4.43. The lowest BCUT2D eigenvalue weighted by Crippen LogP contribution is -2.07. The highest BCUT2D eigenvalue weighted by atomic mass is 32.2. The summed E-state index contributed by atoms with van der Waals surface area (Å²) in [6.07, 6.45) is 4.50. The molecule has 0 aliphatic carbocycles. The Kier molecular flexibility index (Phi) is 2.88. The summed E-state index contributed by atoms with van der Waals surface area (Å²) < 4.78 is 6.64. The maximum Gasteiger partial charge on any atom is 0.257 e. The van der Waals surface area contributed by atoms with Crippen LogP contribution in [0.15, 0.2) is 39.5 Å². The van der Waals surface area contributed by atoms with E-state index < -0.39 is 0 Å². The van der Waals surface area contributed by atoms with E-state index in [1.807, 2.05) is 13.0 Å². The van der Waals surface area contributed by atoms with Gasteiger partial charge in [0.1, 0.15) is 18.4 Å². The second kappa shape index (κ2) is 4.69. The fourth-order valence-electron chi connectivity index (χ4n) is 1.40. The molecule has 3 heterocycles. The van der Waals surface area contributed by atoms with Gasteiger partial charge in [0.15, 0.2) is 5.16 Å². The van der Waals surface area contributed by atoms with Crippen molar-refractivity contribution in [1.29, 1.82) is 0 Å². The molecule has 0 fully saturated rings. The van der Waals surface area contributed by atoms with Gasteiger partial charge in [0, 0.05) is 0 Å². The Morgan fingerprint density at radius 2 is 2.21 bits per heavy atom. The summed E-state index contributed by atoms with van der Waals surface area (Å²) in [6.45, 7) is 1.87. The third-order valence-corrected chi connectivity index (χ3v) is 3.27. The average molecular weight is 275 g/mol. The van der Waals surface area contributed by atoms with Crippen molar-refractivity contribution in [1.82, 2.24) is 29.7 Å². The summed E-state index contributed by atoms with van der Waals surface area (Å²) in [5.74, 6) is 1.25. The number of furan rings is 1. The van der Waals surface area contributed by atoms with E-state index >= 15 is 0 Å². The van der Waals surface area contributed by atoms with Gasteiger partial charge in [-0.05, 0) is 24.8 Å². The van der Waals surface area contributed by atoms with Crippen LogP contribution in [0.1, 0.15) is 5.76 Å². The van der Waals surface area contributed by atoms with Gasteiger partial charge >= 0.3 is 0 Å². The third-order valence-electron chi connectivity index (χ3n) is 2.26. The SMILES string of the molecule is Cc1occc1Sc1nc(N)nc(-n2cncn2)n1. The predicted molar refractivity (Wildman–Crippen MR) is 66.7 cm³/mol. The van der Waals surface area contributed by atoms with Crippen LogP contribution in [0, 0.1) is 6.92 Å². The molecule has 0 saturated carbocycles. The van der Waals surface area contributed by atoms with Crippen LogP contribution in [0.25, 0.3) is 5.95 Å². The van der Waals surface area contributed by atoms with Crippen molar-refractivity contribution < 1.29 is 4.42 Å². The fourth-order valence-corrected chi connectivity index (χ4v) is 2.18. The molecule has 0 radical (unpaired) electrons. The molecule has 3 rings (SSSR count). The van der Waals surface area contributed by atoms with Crippen molar-refractivity contribution in [3.63, 3.8) is 0 Å². The molecule has 0 atom stereocenters. The van der Waals surface area contributed by atoms with Crippen LogP contribution < -0.4 is 5.73 Å². The number of hydrogen-bond acceptors (Lipinski definition) is 8. The van der Waals surface area contributed by atoms with Gasteiger partial charge in [0.05, 0.1) is 11.2 Å². The van der Waals surface area contributed by atoms with E-state index in [1.54, 1.807) is 6.26 Å². The van der Waals surface area contributed by atoms with E-state index in [4.69, 9.17) is 10.2 Å². The number of hydrogen-bond donors (Lipinski definition) is 1. The highest BCUT2D eigenvalue weighted by molar-refractivity contribution is 7.99. The monoisotopic (exact) mass is 275 g/mol. The van der Waals surface area contributed by atoms with E-state index in [9.17, 15) is 0 Å². The standard InChI is InChI=1S/C10H9N7OS/c1-6-7(2-3-18-6)19-10-15-8(11)14-9(16-10)17-5-12-4-13-17/h2-5H,1H3,(H2,11,14,15,16). The molecule has 9 heteroatoms. The molecule has 96 valence electrons. The summed E-state index contributed by atoms with van der Waals surface area (Å²) in [4.78, 5) is 17.1. The molecule has 0 aliphatic rings. The molecular weight excluding hydrogens is 266 g/mol. The summed E-state index contributed by atoms with van der Waals surface area (Å²) >= 11 is 1.35. The molecular formula is C10H9N7OS. The van der Waals surface area contributed by atoms with Gasteiger partial charge in [0.2, 0.25) is 5.95 Å². The Morgan fingerprint density at radius 3 is 2.89 bits per heavy atom. The Balaban J connectivity index is 1.96. The molecule has 2 N–H and O–H groups in total. The highest BCUT2D eigenvalue weighted by Gasteiger charge is 2.10. The smallest absolute Gasteiger partial charge is 0.257 e. The molecule has 0 spiro atoms. The molecule has 0 bridgehead atoms. The Hall–Kier alpha value is -2.42. The van der Waals surface area contributed by atoms with Crippen LogP contribution >= 0.6 is 11.8 Å². The fraction of sp³-hybridized carbons (Fsp3) is 0.100. The number of nitrogens with zero attached hydrogens (tertiary/aromatic N) is 6. The van der Waals surface area contributed by atoms with Gasteiger partial charge in [0.25, 0.3) is 5.95 Å².